The van der Waals surface area contributed by atoms with E-state index in [9.17, 15) is 0 Å². The van der Waals surface area contributed by atoms with Gasteiger partial charge in [-0.1, -0.05) is 26.2 Å². The molecule has 0 spiro atoms. The fourth-order valence-electron chi connectivity index (χ4n) is 2.58. The molecule has 1 fully saturated rings. The molecule has 0 saturated heterocycles. The molecule has 2 atom stereocenters. The minimum atomic E-state index is 0.775. The molecule has 0 aromatic rings. The molecule has 2 unspecified atom stereocenters. The van der Waals surface area contributed by atoms with E-state index < -0.39 is 0 Å². The van der Waals surface area contributed by atoms with Crippen LogP contribution >= 0.6 is 0 Å². The lowest BCUT2D eigenvalue weighted by Crippen LogP contribution is -2.34. The van der Waals surface area contributed by atoms with Crippen LogP contribution in [-0.4, -0.2) is 25.8 Å². The molecule has 1 rings (SSSR count). The van der Waals surface area contributed by atoms with Crippen LogP contribution in [0.5, 0.6) is 0 Å². The Morgan fingerprint density at radius 1 is 1.27 bits per heavy atom. The van der Waals surface area contributed by atoms with Gasteiger partial charge in [-0.25, -0.2) is 0 Å². The smallest absolute Gasteiger partial charge is 0.0590 e. The highest BCUT2D eigenvalue weighted by atomic mass is 16.5. The van der Waals surface area contributed by atoms with Crippen molar-refractivity contribution < 1.29 is 4.74 Å². The third-order valence-electron chi connectivity index (χ3n) is 3.44. The Morgan fingerprint density at radius 2 is 2.13 bits per heavy atom. The summed E-state index contributed by atoms with van der Waals surface area (Å²) in [7, 11) is 0. The molecule has 0 bridgehead atoms. The maximum absolute atomic E-state index is 5.35. The lowest BCUT2D eigenvalue weighted by Gasteiger charge is -2.20. The standard InChI is InChI=1S/C13H27NO/c1-3-5-7-12-8-6-9-13(12)14-10-11-15-4-2/h12-14H,3-11H2,1-2H3. The first-order valence-electron chi connectivity index (χ1n) is 6.69. The van der Waals surface area contributed by atoms with E-state index in [0.29, 0.717) is 0 Å². The van der Waals surface area contributed by atoms with Crippen molar-refractivity contribution in [2.45, 2.75) is 58.4 Å². The summed E-state index contributed by atoms with van der Waals surface area (Å²) < 4.78 is 5.35. The summed E-state index contributed by atoms with van der Waals surface area (Å²) >= 11 is 0. The van der Waals surface area contributed by atoms with Gasteiger partial charge in [0, 0.05) is 19.2 Å². The molecule has 0 heterocycles. The van der Waals surface area contributed by atoms with Gasteiger partial charge in [0.2, 0.25) is 0 Å². The lowest BCUT2D eigenvalue weighted by molar-refractivity contribution is 0.144. The van der Waals surface area contributed by atoms with Gasteiger partial charge in [0.25, 0.3) is 0 Å². The normalized spacial score (nSPS) is 26.0. The molecule has 2 heteroatoms. The van der Waals surface area contributed by atoms with Crippen LogP contribution in [0.1, 0.15) is 52.4 Å². The molecule has 1 aliphatic carbocycles. The summed E-state index contributed by atoms with van der Waals surface area (Å²) in [6, 6.07) is 0.775. The van der Waals surface area contributed by atoms with Gasteiger partial charge in [0.05, 0.1) is 6.61 Å². The third-order valence-corrected chi connectivity index (χ3v) is 3.44. The second-order valence-corrected chi connectivity index (χ2v) is 4.59. The van der Waals surface area contributed by atoms with Gasteiger partial charge in [0.15, 0.2) is 0 Å². The van der Waals surface area contributed by atoms with E-state index in [1.807, 2.05) is 0 Å². The SMILES string of the molecule is CCCCC1CCCC1NCCOCC. The number of rotatable bonds is 8. The van der Waals surface area contributed by atoms with Crippen LogP contribution in [0.25, 0.3) is 0 Å². The predicted molar refractivity (Wildman–Crippen MR) is 65.1 cm³/mol. The van der Waals surface area contributed by atoms with Gasteiger partial charge >= 0.3 is 0 Å². The van der Waals surface area contributed by atoms with Crippen LogP contribution in [0.3, 0.4) is 0 Å². The topological polar surface area (TPSA) is 21.3 Å². The number of hydrogen-bond donors (Lipinski definition) is 1. The van der Waals surface area contributed by atoms with Crippen LogP contribution in [0.4, 0.5) is 0 Å². The van der Waals surface area contributed by atoms with Crippen molar-refractivity contribution >= 4 is 0 Å². The van der Waals surface area contributed by atoms with Gasteiger partial charge in [0.1, 0.15) is 0 Å². The monoisotopic (exact) mass is 213 g/mol. The van der Waals surface area contributed by atoms with Crippen molar-refractivity contribution in [2.24, 2.45) is 5.92 Å². The summed E-state index contributed by atoms with van der Waals surface area (Å²) in [6.45, 7) is 7.08. The van der Waals surface area contributed by atoms with Crippen molar-refractivity contribution in [3.8, 4) is 0 Å². The quantitative estimate of drug-likeness (QED) is 0.626. The summed E-state index contributed by atoms with van der Waals surface area (Å²) in [5, 5.41) is 3.65. The van der Waals surface area contributed by atoms with E-state index in [-0.39, 0.29) is 0 Å². The first-order valence-corrected chi connectivity index (χ1v) is 6.69. The zero-order chi connectivity index (χ0) is 10.9. The predicted octanol–water partition coefficient (Wildman–Crippen LogP) is 2.97. The van der Waals surface area contributed by atoms with E-state index in [4.69, 9.17) is 4.74 Å². The summed E-state index contributed by atoms with van der Waals surface area (Å²) in [5.41, 5.74) is 0. The molecule has 0 amide bonds. The van der Waals surface area contributed by atoms with Crippen molar-refractivity contribution in [1.29, 1.82) is 0 Å². The highest BCUT2D eigenvalue weighted by molar-refractivity contribution is 4.82. The van der Waals surface area contributed by atoms with Crippen molar-refractivity contribution in [3.05, 3.63) is 0 Å². The minimum absolute atomic E-state index is 0.775. The maximum atomic E-state index is 5.35. The Morgan fingerprint density at radius 3 is 2.87 bits per heavy atom. The Labute approximate surface area is 94.8 Å². The van der Waals surface area contributed by atoms with E-state index in [0.717, 1.165) is 31.7 Å². The molecule has 1 N–H and O–H groups in total. The van der Waals surface area contributed by atoms with Crippen LogP contribution in [0, 0.1) is 5.92 Å². The van der Waals surface area contributed by atoms with Crippen molar-refractivity contribution in [2.75, 3.05) is 19.8 Å². The Kier molecular flexibility index (Phi) is 7.03. The van der Waals surface area contributed by atoms with Gasteiger partial charge in [-0.3, -0.25) is 0 Å². The van der Waals surface area contributed by atoms with Crippen molar-refractivity contribution in [3.63, 3.8) is 0 Å². The first-order chi connectivity index (χ1) is 7.38. The highest BCUT2D eigenvalue weighted by Crippen LogP contribution is 2.29. The Balaban J connectivity index is 2.09. The van der Waals surface area contributed by atoms with Gasteiger partial charge in [-0.2, -0.15) is 0 Å². The molecule has 90 valence electrons. The molecule has 0 aliphatic heterocycles. The van der Waals surface area contributed by atoms with E-state index in [1.165, 1.54) is 38.5 Å². The van der Waals surface area contributed by atoms with Crippen LogP contribution in [0.15, 0.2) is 0 Å². The van der Waals surface area contributed by atoms with Crippen LogP contribution in [0.2, 0.25) is 0 Å². The molecule has 15 heavy (non-hydrogen) atoms. The molecule has 0 aromatic carbocycles. The second-order valence-electron chi connectivity index (χ2n) is 4.59. The van der Waals surface area contributed by atoms with Gasteiger partial charge in [-0.15, -0.1) is 0 Å². The van der Waals surface area contributed by atoms with Gasteiger partial charge in [-0.05, 0) is 32.1 Å². The van der Waals surface area contributed by atoms with Crippen LogP contribution < -0.4 is 5.32 Å². The number of unbranched alkanes of at least 4 members (excludes halogenated alkanes) is 1. The molecular formula is C13H27NO. The maximum Gasteiger partial charge on any atom is 0.0590 e. The van der Waals surface area contributed by atoms with Gasteiger partial charge < -0.3 is 10.1 Å². The molecule has 1 saturated carbocycles. The Hall–Kier alpha value is -0.0800. The lowest BCUT2D eigenvalue weighted by atomic mass is 9.97. The second kappa shape index (κ2) is 8.12. The average Bonchev–Trinajstić information content (AvgIpc) is 2.69. The summed E-state index contributed by atoms with van der Waals surface area (Å²) in [4.78, 5) is 0. The number of ether oxygens (including phenoxy) is 1. The fourth-order valence-corrected chi connectivity index (χ4v) is 2.58. The zero-order valence-electron chi connectivity index (χ0n) is 10.4. The van der Waals surface area contributed by atoms with E-state index in [2.05, 4.69) is 19.2 Å². The van der Waals surface area contributed by atoms with E-state index >= 15 is 0 Å². The van der Waals surface area contributed by atoms with Crippen LogP contribution in [-0.2, 0) is 4.74 Å². The fraction of sp³-hybridized carbons (Fsp3) is 1.00. The molecule has 1 aliphatic rings. The number of nitrogens with one attached hydrogen (secondary N) is 1. The molecule has 0 radical (unpaired) electrons. The third kappa shape index (κ3) is 4.98. The average molecular weight is 213 g/mol. The minimum Gasteiger partial charge on any atom is -0.380 e. The summed E-state index contributed by atoms with van der Waals surface area (Å²) in [6.07, 6.45) is 8.38. The number of hydrogen-bond acceptors (Lipinski definition) is 2. The van der Waals surface area contributed by atoms with Crippen molar-refractivity contribution in [1.82, 2.24) is 5.32 Å². The van der Waals surface area contributed by atoms with E-state index in [1.54, 1.807) is 0 Å². The molecule has 2 nitrogen and oxygen atoms in total. The molecule has 0 aromatic heterocycles. The highest BCUT2D eigenvalue weighted by Gasteiger charge is 2.25. The first kappa shape index (κ1) is 13.0. The Bertz CT molecular complexity index is 149. The largest absolute Gasteiger partial charge is 0.380 e. The molecular weight excluding hydrogens is 186 g/mol. The zero-order valence-corrected chi connectivity index (χ0v) is 10.4. The summed E-state index contributed by atoms with van der Waals surface area (Å²) in [5.74, 6) is 0.937.